The number of nitrogens with zero attached hydrogens (tertiary/aromatic N) is 5. The Balaban J connectivity index is 2.01. The van der Waals surface area contributed by atoms with Crippen molar-refractivity contribution in [3.63, 3.8) is 0 Å². The summed E-state index contributed by atoms with van der Waals surface area (Å²) < 4.78 is 7.27. The van der Waals surface area contributed by atoms with E-state index in [1.807, 2.05) is 35.9 Å². The maximum absolute atomic E-state index is 5.40. The molecule has 7 nitrogen and oxygen atoms in total. The smallest absolute Gasteiger partial charge is 0.226 e. The van der Waals surface area contributed by atoms with Gasteiger partial charge in [-0.25, -0.2) is 4.98 Å². The lowest BCUT2D eigenvalue weighted by atomic mass is 10.1. The van der Waals surface area contributed by atoms with Crippen LogP contribution in [0.4, 0.5) is 0 Å². The molecule has 4 rings (SSSR count). The Morgan fingerprint density at radius 2 is 2.14 bits per heavy atom. The monoisotopic (exact) mass is 280 g/mol. The van der Waals surface area contributed by atoms with E-state index in [1.165, 1.54) is 0 Å². The number of rotatable bonds is 2. The van der Waals surface area contributed by atoms with Crippen molar-refractivity contribution in [2.45, 2.75) is 6.92 Å². The Hall–Kier alpha value is -2.96. The predicted octanol–water partition coefficient (Wildman–Crippen LogP) is 1.98. The van der Waals surface area contributed by atoms with Crippen molar-refractivity contribution in [1.29, 1.82) is 0 Å². The summed E-state index contributed by atoms with van der Waals surface area (Å²) >= 11 is 0. The van der Waals surface area contributed by atoms with Gasteiger partial charge in [-0.05, 0) is 19.1 Å². The SMILES string of the molecule is COc1nc(C)nc2[nH]cc(-c3ccc4nncn4c3)c12. The topological polar surface area (TPSA) is 81.0 Å². The van der Waals surface area contributed by atoms with Crippen LogP contribution in [0.15, 0.2) is 30.9 Å². The first-order valence-corrected chi connectivity index (χ1v) is 6.46. The molecule has 0 aliphatic carbocycles. The highest BCUT2D eigenvalue weighted by molar-refractivity contribution is 5.97. The number of pyridine rings is 1. The predicted molar refractivity (Wildman–Crippen MR) is 77.2 cm³/mol. The summed E-state index contributed by atoms with van der Waals surface area (Å²) in [6.45, 7) is 1.84. The number of hydrogen-bond donors (Lipinski definition) is 1. The minimum atomic E-state index is 0.567. The molecule has 0 bridgehead atoms. The van der Waals surface area contributed by atoms with Crippen molar-refractivity contribution in [3.8, 4) is 17.0 Å². The highest BCUT2D eigenvalue weighted by atomic mass is 16.5. The van der Waals surface area contributed by atoms with E-state index in [9.17, 15) is 0 Å². The van der Waals surface area contributed by atoms with Crippen LogP contribution in [0, 0.1) is 6.92 Å². The molecule has 104 valence electrons. The van der Waals surface area contributed by atoms with E-state index in [-0.39, 0.29) is 0 Å². The number of hydrogen-bond acceptors (Lipinski definition) is 5. The van der Waals surface area contributed by atoms with Gasteiger partial charge in [0.1, 0.15) is 17.8 Å². The zero-order valence-corrected chi connectivity index (χ0v) is 11.5. The lowest BCUT2D eigenvalue weighted by molar-refractivity contribution is 0.401. The summed E-state index contributed by atoms with van der Waals surface area (Å²) in [5.74, 6) is 1.24. The van der Waals surface area contributed by atoms with E-state index in [4.69, 9.17) is 4.74 Å². The number of methoxy groups -OCH3 is 1. The maximum atomic E-state index is 5.40. The minimum absolute atomic E-state index is 0.567. The molecule has 0 aliphatic rings. The molecule has 1 N–H and O–H groups in total. The molecular weight excluding hydrogens is 268 g/mol. The zero-order chi connectivity index (χ0) is 14.4. The Bertz CT molecular complexity index is 955. The summed E-state index contributed by atoms with van der Waals surface area (Å²) in [4.78, 5) is 11.9. The van der Waals surface area contributed by atoms with Gasteiger partial charge in [0.25, 0.3) is 0 Å². The number of ether oxygens (including phenoxy) is 1. The Labute approximate surface area is 119 Å². The molecule has 0 saturated carbocycles. The molecule has 0 saturated heterocycles. The fraction of sp³-hybridized carbons (Fsp3) is 0.143. The number of fused-ring (bicyclic) bond motifs is 2. The summed E-state index contributed by atoms with van der Waals surface area (Å²) in [7, 11) is 1.61. The Morgan fingerprint density at radius 3 is 3.00 bits per heavy atom. The lowest BCUT2D eigenvalue weighted by Crippen LogP contribution is -1.95. The van der Waals surface area contributed by atoms with E-state index >= 15 is 0 Å². The van der Waals surface area contributed by atoms with Gasteiger partial charge >= 0.3 is 0 Å². The Kier molecular flexibility index (Phi) is 2.41. The molecule has 0 atom stereocenters. The Morgan fingerprint density at radius 1 is 1.24 bits per heavy atom. The molecule has 0 aliphatic heterocycles. The first-order valence-electron chi connectivity index (χ1n) is 6.46. The average Bonchev–Trinajstić information content (AvgIpc) is 3.11. The molecule has 0 unspecified atom stereocenters. The maximum Gasteiger partial charge on any atom is 0.226 e. The quantitative estimate of drug-likeness (QED) is 0.607. The molecule has 4 aromatic rings. The zero-order valence-electron chi connectivity index (χ0n) is 11.5. The molecule has 21 heavy (non-hydrogen) atoms. The van der Waals surface area contributed by atoms with Gasteiger partial charge in [0.2, 0.25) is 5.88 Å². The van der Waals surface area contributed by atoms with E-state index in [0.29, 0.717) is 11.7 Å². The third-order valence-electron chi connectivity index (χ3n) is 3.41. The lowest BCUT2D eigenvalue weighted by Gasteiger charge is -2.05. The number of nitrogens with one attached hydrogen (secondary N) is 1. The van der Waals surface area contributed by atoms with Gasteiger partial charge in [0.05, 0.1) is 12.5 Å². The molecule has 7 heteroatoms. The van der Waals surface area contributed by atoms with E-state index in [2.05, 4.69) is 25.1 Å². The van der Waals surface area contributed by atoms with Crippen molar-refractivity contribution in [2.75, 3.05) is 7.11 Å². The summed E-state index contributed by atoms with van der Waals surface area (Å²) in [5.41, 5.74) is 3.56. The van der Waals surface area contributed by atoms with Crippen LogP contribution in [-0.4, -0.2) is 36.7 Å². The number of H-pyrrole nitrogens is 1. The average molecular weight is 280 g/mol. The van der Waals surface area contributed by atoms with Crippen LogP contribution in [0.2, 0.25) is 0 Å². The van der Waals surface area contributed by atoms with Crippen molar-refractivity contribution in [2.24, 2.45) is 0 Å². The van der Waals surface area contributed by atoms with Gasteiger partial charge in [0.15, 0.2) is 5.65 Å². The van der Waals surface area contributed by atoms with Crippen LogP contribution in [0.5, 0.6) is 5.88 Å². The van der Waals surface area contributed by atoms with Gasteiger partial charge in [0, 0.05) is 23.5 Å². The van der Waals surface area contributed by atoms with Crippen LogP contribution >= 0.6 is 0 Å². The molecule has 4 heterocycles. The standard InChI is InChI=1S/C14H12N6O/c1-8-17-13-12(14(18-8)21-2)10(5-15-13)9-3-4-11-19-16-7-20(11)6-9/h3-7H,1-2H3,(H,15,17,18). The first-order chi connectivity index (χ1) is 10.3. The van der Waals surface area contributed by atoms with Gasteiger partial charge in [-0.3, -0.25) is 4.40 Å². The molecule has 0 radical (unpaired) electrons. The second-order valence-corrected chi connectivity index (χ2v) is 4.72. The number of aromatic amines is 1. The second kappa shape index (κ2) is 4.27. The summed E-state index contributed by atoms with van der Waals surface area (Å²) in [5, 5.41) is 8.76. The van der Waals surface area contributed by atoms with Crippen LogP contribution in [0.25, 0.3) is 27.8 Å². The molecule has 0 amide bonds. The third kappa shape index (κ3) is 1.74. The summed E-state index contributed by atoms with van der Waals surface area (Å²) in [6, 6.07) is 3.91. The van der Waals surface area contributed by atoms with Crippen molar-refractivity contribution in [3.05, 3.63) is 36.7 Å². The molecule has 0 aromatic carbocycles. The van der Waals surface area contributed by atoms with Crippen LogP contribution in [-0.2, 0) is 0 Å². The molecule has 4 aromatic heterocycles. The molecule has 0 fully saturated rings. The third-order valence-corrected chi connectivity index (χ3v) is 3.41. The molecular formula is C14H12N6O. The van der Waals surface area contributed by atoms with Gasteiger partial charge in [-0.2, -0.15) is 4.98 Å². The van der Waals surface area contributed by atoms with Crippen LogP contribution in [0.3, 0.4) is 0 Å². The van der Waals surface area contributed by atoms with Gasteiger partial charge in [-0.1, -0.05) is 0 Å². The number of aromatic nitrogens is 6. The normalized spacial score (nSPS) is 11.3. The van der Waals surface area contributed by atoms with Crippen molar-refractivity contribution < 1.29 is 4.74 Å². The largest absolute Gasteiger partial charge is 0.480 e. The van der Waals surface area contributed by atoms with Gasteiger partial charge < -0.3 is 9.72 Å². The van der Waals surface area contributed by atoms with E-state index < -0.39 is 0 Å². The highest BCUT2D eigenvalue weighted by Crippen LogP contribution is 2.33. The minimum Gasteiger partial charge on any atom is -0.480 e. The summed E-state index contributed by atoms with van der Waals surface area (Å²) in [6.07, 6.45) is 5.55. The van der Waals surface area contributed by atoms with E-state index in [1.54, 1.807) is 13.4 Å². The number of aryl methyl sites for hydroxylation is 1. The highest BCUT2D eigenvalue weighted by Gasteiger charge is 2.15. The van der Waals surface area contributed by atoms with Crippen molar-refractivity contribution in [1.82, 2.24) is 29.5 Å². The van der Waals surface area contributed by atoms with E-state index in [0.717, 1.165) is 27.8 Å². The van der Waals surface area contributed by atoms with Crippen LogP contribution < -0.4 is 4.74 Å². The van der Waals surface area contributed by atoms with Crippen LogP contribution in [0.1, 0.15) is 5.82 Å². The second-order valence-electron chi connectivity index (χ2n) is 4.72. The fourth-order valence-electron chi connectivity index (χ4n) is 2.47. The van der Waals surface area contributed by atoms with Crippen molar-refractivity contribution >= 4 is 16.7 Å². The van der Waals surface area contributed by atoms with Gasteiger partial charge in [-0.15, -0.1) is 10.2 Å². The first kappa shape index (κ1) is 11.8. The fourth-order valence-corrected chi connectivity index (χ4v) is 2.47. The molecule has 0 spiro atoms.